The molecule has 2 aromatic rings. The van der Waals surface area contributed by atoms with Gasteiger partial charge in [-0.05, 0) is 47.2 Å². The van der Waals surface area contributed by atoms with Crippen LogP contribution in [0.25, 0.3) is 16.3 Å². The highest BCUT2D eigenvalue weighted by Crippen LogP contribution is 2.35. The van der Waals surface area contributed by atoms with Crippen molar-refractivity contribution in [2.24, 2.45) is 5.92 Å². The predicted octanol–water partition coefficient (Wildman–Crippen LogP) is 4.48. The van der Waals surface area contributed by atoms with E-state index in [-0.39, 0.29) is 18.1 Å². The van der Waals surface area contributed by atoms with Crippen molar-refractivity contribution in [3.63, 3.8) is 0 Å². The third kappa shape index (κ3) is 4.20. The Morgan fingerprint density at radius 3 is 2.90 bits per heavy atom. The summed E-state index contributed by atoms with van der Waals surface area (Å²) in [6, 6.07) is 6.75. The van der Waals surface area contributed by atoms with Crippen LogP contribution in [-0.4, -0.2) is 45.9 Å². The molecule has 1 aromatic heterocycles. The Bertz CT molecular complexity index is 970. The van der Waals surface area contributed by atoms with E-state index in [1.54, 1.807) is 7.11 Å². The standard InChI is InChI=1S/C23H28N3O2S/c1-16-20(5-4-6-23(16)28-2)18-13-17-7-10-24-15-21(17)22(14-18)25-19-8-11-26(12-9-19)29(3)27/h4-8,10-11,13-16,19,23,25,27H,9,12H2,1-3H3/q+1. The normalized spacial score (nSPS) is 25.2. The predicted molar refractivity (Wildman–Crippen MR) is 123 cm³/mol. The fraction of sp³-hybridized carbons (Fsp3) is 0.348. The van der Waals surface area contributed by atoms with Gasteiger partial charge in [0, 0.05) is 48.7 Å². The van der Waals surface area contributed by atoms with Gasteiger partial charge >= 0.3 is 0 Å². The van der Waals surface area contributed by atoms with Gasteiger partial charge in [0.05, 0.1) is 12.6 Å². The van der Waals surface area contributed by atoms with Crippen LogP contribution >= 0.6 is 0 Å². The molecule has 1 aromatic carbocycles. The number of rotatable bonds is 5. The third-order valence-electron chi connectivity index (χ3n) is 5.75. The summed E-state index contributed by atoms with van der Waals surface area (Å²) in [6.45, 7) is 3.05. The highest BCUT2D eigenvalue weighted by molar-refractivity contribution is 7.88. The Morgan fingerprint density at radius 1 is 1.31 bits per heavy atom. The molecule has 2 heterocycles. The molecule has 0 amide bonds. The molecule has 5 nitrogen and oxygen atoms in total. The van der Waals surface area contributed by atoms with Crippen molar-refractivity contribution in [3.05, 3.63) is 66.7 Å². The first kappa shape index (κ1) is 20.0. The minimum absolute atomic E-state index is 0.0908. The minimum atomic E-state index is -0.718. The highest BCUT2D eigenvalue weighted by Gasteiger charge is 2.25. The lowest BCUT2D eigenvalue weighted by atomic mass is 9.85. The fourth-order valence-electron chi connectivity index (χ4n) is 4.07. The van der Waals surface area contributed by atoms with Crippen LogP contribution in [0.15, 0.2) is 61.1 Å². The van der Waals surface area contributed by atoms with Gasteiger partial charge in [0.1, 0.15) is 0 Å². The Morgan fingerprint density at radius 2 is 2.17 bits per heavy atom. The maximum atomic E-state index is 9.79. The molecule has 0 spiro atoms. The van der Waals surface area contributed by atoms with Crippen molar-refractivity contribution >= 4 is 33.4 Å². The molecule has 2 aliphatic rings. The number of aromatic nitrogens is 1. The number of nitrogens with zero attached hydrogens (tertiary/aromatic N) is 2. The van der Waals surface area contributed by atoms with E-state index in [4.69, 9.17) is 4.74 Å². The number of fused-ring (bicyclic) bond motifs is 1. The van der Waals surface area contributed by atoms with Gasteiger partial charge in [-0.2, -0.15) is 8.86 Å². The zero-order valence-corrected chi connectivity index (χ0v) is 17.9. The van der Waals surface area contributed by atoms with Crippen LogP contribution in [0.1, 0.15) is 18.9 Å². The van der Waals surface area contributed by atoms with Crippen LogP contribution in [0, 0.1) is 5.92 Å². The average molecular weight is 411 g/mol. The summed E-state index contributed by atoms with van der Waals surface area (Å²) in [6.07, 6.45) is 17.1. The number of nitrogens with one attached hydrogen (secondary N) is 1. The molecule has 29 heavy (non-hydrogen) atoms. The maximum absolute atomic E-state index is 9.79. The molecule has 2 N–H and O–H groups in total. The molecular weight excluding hydrogens is 382 g/mol. The first-order chi connectivity index (χ1) is 14.1. The lowest BCUT2D eigenvalue weighted by Crippen LogP contribution is -2.34. The molecule has 4 atom stereocenters. The number of ether oxygens (including phenoxy) is 1. The number of benzene rings is 1. The van der Waals surface area contributed by atoms with E-state index in [2.05, 4.69) is 59.7 Å². The monoisotopic (exact) mass is 410 g/mol. The molecule has 1 aliphatic heterocycles. The average Bonchev–Trinajstić information content (AvgIpc) is 2.74. The SMILES string of the molecule is COC1C=CC=C(c2cc(NC3C=CN([S+](C)O)CC3)c3cnccc3c2)C1C. The second-order valence-corrected chi connectivity index (χ2v) is 8.95. The third-order valence-corrected chi connectivity index (χ3v) is 6.73. The zero-order chi connectivity index (χ0) is 20.4. The molecule has 0 saturated heterocycles. The molecule has 0 radical (unpaired) electrons. The second kappa shape index (κ2) is 8.61. The van der Waals surface area contributed by atoms with E-state index in [1.807, 2.05) is 29.2 Å². The van der Waals surface area contributed by atoms with Crippen LogP contribution in [0.2, 0.25) is 0 Å². The number of allylic oxidation sites excluding steroid dienone is 2. The van der Waals surface area contributed by atoms with E-state index in [0.717, 1.165) is 24.0 Å². The summed E-state index contributed by atoms with van der Waals surface area (Å²) >= 11 is -0.718. The van der Waals surface area contributed by atoms with Gasteiger partial charge in [0.15, 0.2) is 6.26 Å². The Hall–Kier alpha value is -2.28. The van der Waals surface area contributed by atoms with E-state index >= 15 is 0 Å². The summed E-state index contributed by atoms with van der Waals surface area (Å²) in [5, 5.41) is 5.98. The molecule has 4 unspecified atom stereocenters. The minimum Gasteiger partial charge on any atom is -0.378 e. The van der Waals surface area contributed by atoms with Gasteiger partial charge in [0.2, 0.25) is 0 Å². The summed E-state index contributed by atoms with van der Waals surface area (Å²) in [5.74, 6) is 0.285. The molecule has 1 aliphatic carbocycles. The molecular formula is C23H28N3O2S+. The number of anilines is 1. The molecule has 4 rings (SSSR count). The summed E-state index contributed by atoms with van der Waals surface area (Å²) in [5.41, 5.74) is 3.57. The van der Waals surface area contributed by atoms with Gasteiger partial charge < -0.3 is 10.1 Å². The Kier molecular flexibility index (Phi) is 5.94. The van der Waals surface area contributed by atoms with E-state index < -0.39 is 11.4 Å². The molecule has 0 saturated carbocycles. The summed E-state index contributed by atoms with van der Waals surface area (Å²) in [4.78, 5) is 4.34. The van der Waals surface area contributed by atoms with Crippen molar-refractivity contribution in [1.29, 1.82) is 0 Å². The Labute approximate surface area is 175 Å². The highest BCUT2D eigenvalue weighted by atomic mass is 32.2. The zero-order valence-electron chi connectivity index (χ0n) is 17.1. The van der Waals surface area contributed by atoms with Gasteiger partial charge in [-0.1, -0.05) is 25.2 Å². The number of pyridine rings is 1. The van der Waals surface area contributed by atoms with Gasteiger partial charge in [-0.3, -0.25) is 4.98 Å². The van der Waals surface area contributed by atoms with Gasteiger partial charge in [-0.15, -0.1) is 0 Å². The van der Waals surface area contributed by atoms with Crippen LogP contribution < -0.4 is 5.32 Å². The molecule has 0 bridgehead atoms. The smallest absolute Gasteiger partial charge is 0.261 e. The van der Waals surface area contributed by atoms with Crippen molar-refractivity contribution in [2.75, 3.05) is 25.2 Å². The van der Waals surface area contributed by atoms with Crippen LogP contribution in [0.5, 0.6) is 0 Å². The molecule has 0 fully saturated rings. The first-order valence-electron chi connectivity index (χ1n) is 9.93. The van der Waals surface area contributed by atoms with Gasteiger partial charge in [0.25, 0.3) is 11.4 Å². The first-order valence-corrected chi connectivity index (χ1v) is 11.5. The van der Waals surface area contributed by atoms with Crippen molar-refractivity contribution < 1.29 is 9.29 Å². The molecule has 152 valence electrons. The second-order valence-electron chi connectivity index (χ2n) is 7.59. The van der Waals surface area contributed by atoms with Crippen molar-refractivity contribution in [2.45, 2.75) is 25.5 Å². The fourth-order valence-corrected chi connectivity index (χ4v) is 4.68. The van der Waals surface area contributed by atoms with Crippen LogP contribution in [0.3, 0.4) is 0 Å². The number of hydrogen-bond acceptors (Lipinski definition) is 5. The topological polar surface area (TPSA) is 57.6 Å². The largest absolute Gasteiger partial charge is 0.378 e. The van der Waals surface area contributed by atoms with Crippen LogP contribution in [-0.2, 0) is 16.1 Å². The maximum Gasteiger partial charge on any atom is 0.261 e. The Balaban J connectivity index is 1.68. The lowest BCUT2D eigenvalue weighted by molar-refractivity contribution is 0.115. The van der Waals surface area contributed by atoms with Crippen molar-refractivity contribution in [1.82, 2.24) is 9.29 Å². The van der Waals surface area contributed by atoms with E-state index in [0.29, 0.717) is 0 Å². The summed E-state index contributed by atoms with van der Waals surface area (Å²) < 4.78 is 17.4. The quantitative estimate of drug-likeness (QED) is 0.712. The van der Waals surface area contributed by atoms with Crippen molar-refractivity contribution in [3.8, 4) is 0 Å². The van der Waals surface area contributed by atoms with Gasteiger partial charge in [-0.25, -0.2) is 0 Å². The molecule has 6 heteroatoms. The number of hydrogen-bond donors (Lipinski definition) is 2. The lowest BCUT2D eigenvalue weighted by Gasteiger charge is -2.27. The summed E-state index contributed by atoms with van der Waals surface area (Å²) in [7, 11) is 1.76. The van der Waals surface area contributed by atoms with E-state index in [9.17, 15) is 4.55 Å². The van der Waals surface area contributed by atoms with Crippen LogP contribution in [0.4, 0.5) is 5.69 Å². The number of methoxy groups -OCH3 is 1. The van der Waals surface area contributed by atoms with E-state index in [1.165, 1.54) is 16.5 Å².